The molecular weight excluding hydrogens is 336 g/mol. The molecule has 0 fully saturated rings. The zero-order valence-corrected chi connectivity index (χ0v) is 16.9. The molecule has 0 spiro atoms. The van der Waals surface area contributed by atoms with Crippen LogP contribution in [-0.4, -0.2) is 24.9 Å². The summed E-state index contributed by atoms with van der Waals surface area (Å²) < 4.78 is 5.42. The Morgan fingerprint density at radius 3 is 2.33 bits per heavy atom. The zero-order chi connectivity index (χ0) is 19.6. The van der Waals surface area contributed by atoms with Crippen LogP contribution in [0.4, 0.5) is 0 Å². The fraction of sp³-hybridized carbons (Fsp3) is 0.304. The van der Waals surface area contributed by atoms with Gasteiger partial charge in [0.25, 0.3) is 0 Å². The van der Waals surface area contributed by atoms with Crippen LogP contribution in [0.1, 0.15) is 35.7 Å². The second kappa shape index (κ2) is 7.78. The number of ether oxygens (including phenoxy) is 1. The van der Waals surface area contributed by atoms with Crippen LogP contribution >= 0.6 is 0 Å². The number of aryl methyl sites for hydroxylation is 3. The summed E-state index contributed by atoms with van der Waals surface area (Å²) in [6.45, 7) is 8.34. The fourth-order valence-electron chi connectivity index (χ4n) is 3.70. The van der Waals surface area contributed by atoms with E-state index in [0.717, 1.165) is 45.6 Å². The molecule has 0 saturated heterocycles. The molecule has 0 aliphatic carbocycles. The predicted octanol–water partition coefficient (Wildman–Crippen LogP) is 5.60. The van der Waals surface area contributed by atoms with Crippen molar-refractivity contribution in [3.63, 3.8) is 0 Å². The number of aromatic nitrogens is 1. The van der Waals surface area contributed by atoms with Crippen molar-refractivity contribution < 1.29 is 9.57 Å². The highest BCUT2D eigenvalue weighted by Gasteiger charge is 2.16. The van der Waals surface area contributed by atoms with E-state index in [1.807, 2.05) is 6.92 Å². The minimum absolute atomic E-state index is 0.789. The number of hydrogen-bond acceptors (Lipinski definition) is 4. The lowest BCUT2D eigenvalue weighted by Gasteiger charge is -2.16. The zero-order valence-electron chi connectivity index (χ0n) is 16.9. The Morgan fingerprint density at radius 1 is 1.04 bits per heavy atom. The van der Waals surface area contributed by atoms with Gasteiger partial charge in [0, 0.05) is 22.2 Å². The van der Waals surface area contributed by atoms with Gasteiger partial charge in [-0.25, -0.2) is 0 Å². The SMILES string of the molecule is CC/C(=N/OC)c1cc(C)nc2c(-c3c(C)cc(OC)cc3C)cccc12. The Kier molecular flexibility index (Phi) is 5.45. The van der Waals surface area contributed by atoms with E-state index >= 15 is 0 Å². The van der Waals surface area contributed by atoms with Gasteiger partial charge in [-0.15, -0.1) is 0 Å². The highest BCUT2D eigenvalue weighted by molar-refractivity contribution is 6.12. The molecule has 0 aliphatic rings. The Balaban J connectivity index is 2.35. The number of oxime groups is 1. The number of para-hydroxylation sites is 1. The number of hydrogen-bond donors (Lipinski definition) is 0. The van der Waals surface area contributed by atoms with E-state index in [9.17, 15) is 0 Å². The molecule has 0 radical (unpaired) electrons. The third-order valence-corrected chi connectivity index (χ3v) is 4.83. The maximum absolute atomic E-state index is 5.42. The summed E-state index contributed by atoms with van der Waals surface area (Å²) in [6, 6.07) is 12.6. The van der Waals surface area contributed by atoms with Gasteiger partial charge in [-0.3, -0.25) is 4.98 Å². The van der Waals surface area contributed by atoms with Gasteiger partial charge in [0.05, 0.1) is 18.3 Å². The van der Waals surface area contributed by atoms with E-state index in [0.29, 0.717) is 0 Å². The Bertz CT molecular complexity index is 999. The van der Waals surface area contributed by atoms with Crippen LogP contribution in [0.2, 0.25) is 0 Å². The van der Waals surface area contributed by atoms with Gasteiger partial charge in [-0.2, -0.15) is 0 Å². The normalized spacial score (nSPS) is 11.7. The smallest absolute Gasteiger partial charge is 0.119 e. The highest BCUT2D eigenvalue weighted by atomic mass is 16.6. The van der Waals surface area contributed by atoms with Gasteiger partial charge in [0.1, 0.15) is 12.9 Å². The Morgan fingerprint density at radius 2 is 1.74 bits per heavy atom. The van der Waals surface area contributed by atoms with Gasteiger partial charge < -0.3 is 9.57 Å². The van der Waals surface area contributed by atoms with Crippen LogP contribution in [0.3, 0.4) is 0 Å². The van der Waals surface area contributed by atoms with Crippen LogP contribution in [0, 0.1) is 20.8 Å². The monoisotopic (exact) mass is 362 g/mol. The van der Waals surface area contributed by atoms with Crippen LogP contribution < -0.4 is 4.74 Å². The summed E-state index contributed by atoms with van der Waals surface area (Å²) in [4.78, 5) is 9.96. The predicted molar refractivity (Wildman–Crippen MR) is 112 cm³/mol. The number of benzene rings is 2. The lowest BCUT2D eigenvalue weighted by Crippen LogP contribution is -2.04. The molecular formula is C23H26N2O2. The van der Waals surface area contributed by atoms with Crippen molar-refractivity contribution >= 4 is 16.6 Å². The molecule has 27 heavy (non-hydrogen) atoms. The topological polar surface area (TPSA) is 43.7 Å². The van der Waals surface area contributed by atoms with E-state index in [2.05, 4.69) is 62.3 Å². The van der Waals surface area contributed by atoms with Crippen LogP contribution in [0.5, 0.6) is 5.75 Å². The van der Waals surface area contributed by atoms with Gasteiger partial charge in [-0.1, -0.05) is 30.3 Å². The Labute approximate surface area is 160 Å². The van der Waals surface area contributed by atoms with E-state index in [1.54, 1.807) is 14.2 Å². The minimum Gasteiger partial charge on any atom is -0.497 e. The summed E-state index contributed by atoms with van der Waals surface area (Å²) in [7, 11) is 3.28. The van der Waals surface area contributed by atoms with Gasteiger partial charge >= 0.3 is 0 Å². The van der Waals surface area contributed by atoms with Crippen molar-refractivity contribution in [1.82, 2.24) is 4.98 Å². The largest absolute Gasteiger partial charge is 0.497 e. The van der Waals surface area contributed by atoms with Crippen molar-refractivity contribution in [2.45, 2.75) is 34.1 Å². The number of fused-ring (bicyclic) bond motifs is 1. The first-order chi connectivity index (χ1) is 13.0. The number of methoxy groups -OCH3 is 1. The maximum Gasteiger partial charge on any atom is 0.119 e. The number of pyridine rings is 1. The molecule has 0 amide bonds. The fourth-order valence-corrected chi connectivity index (χ4v) is 3.70. The molecule has 0 unspecified atom stereocenters. The lowest BCUT2D eigenvalue weighted by atomic mass is 9.91. The van der Waals surface area contributed by atoms with Gasteiger partial charge in [-0.05, 0) is 62.1 Å². The van der Waals surface area contributed by atoms with E-state index in [1.165, 1.54) is 16.7 Å². The molecule has 4 heteroatoms. The average molecular weight is 362 g/mol. The molecule has 3 rings (SSSR count). The lowest BCUT2D eigenvalue weighted by molar-refractivity contribution is 0.213. The number of nitrogens with zero attached hydrogens (tertiary/aromatic N) is 2. The summed E-state index contributed by atoms with van der Waals surface area (Å²) in [5.74, 6) is 0.874. The van der Waals surface area contributed by atoms with Crippen molar-refractivity contribution in [3.8, 4) is 16.9 Å². The van der Waals surface area contributed by atoms with Crippen molar-refractivity contribution in [1.29, 1.82) is 0 Å². The van der Waals surface area contributed by atoms with Crippen LogP contribution in [-0.2, 0) is 4.84 Å². The summed E-state index contributed by atoms with van der Waals surface area (Å²) in [5.41, 5.74) is 8.62. The molecule has 140 valence electrons. The van der Waals surface area contributed by atoms with Crippen molar-refractivity contribution in [2.75, 3.05) is 14.2 Å². The standard InChI is InChI=1S/C23H26N2O2/c1-7-21(25-27-6)20-13-16(4)24-23-18(20)9-8-10-19(23)22-14(2)11-17(26-5)12-15(22)3/h8-13H,7H2,1-6H3/b25-21-. The molecule has 3 aromatic rings. The first-order valence-corrected chi connectivity index (χ1v) is 9.16. The molecule has 0 saturated carbocycles. The van der Waals surface area contributed by atoms with E-state index in [4.69, 9.17) is 14.6 Å². The molecule has 0 atom stereocenters. The molecule has 1 aromatic heterocycles. The van der Waals surface area contributed by atoms with Crippen molar-refractivity contribution in [2.24, 2.45) is 5.16 Å². The minimum atomic E-state index is 0.789. The average Bonchev–Trinajstić information content (AvgIpc) is 2.65. The highest BCUT2D eigenvalue weighted by Crippen LogP contribution is 2.36. The molecule has 1 heterocycles. The molecule has 2 aromatic carbocycles. The van der Waals surface area contributed by atoms with E-state index < -0.39 is 0 Å². The maximum atomic E-state index is 5.42. The van der Waals surface area contributed by atoms with Crippen LogP contribution in [0.25, 0.3) is 22.0 Å². The molecule has 4 nitrogen and oxygen atoms in total. The van der Waals surface area contributed by atoms with E-state index in [-0.39, 0.29) is 0 Å². The summed E-state index contributed by atoms with van der Waals surface area (Å²) >= 11 is 0. The summed E-state index contributed by atoms with van der Waals surface area (Å²) in [6.07, 6.45) is 0.789. The third kappa shape index (κ3) is 3.52. The van der Waals surface area contributed by atoms with Crippen LogP contribution in [0.15, 0.2) is 41.6 Å². The second-order valence-electron chi connectivity index (χ2n) is 6.72. The van der Waals surface area contributed by atoms with Gasteiger partial charge in [0.15, 0.2) is 0 Å². The first kappa shape index (κ1) is 18.9. The Hall–Kier alpha value is -2.88. The van der Waals surface area contributed by atoms with Crippen molar-refractivity contribution in [3.05, 3.63) is 58.8 Å². The van der Waals surface area contributed by atoms with Gasteiger partial charge in [0.2, 0.25) is 0 Å². The molecule has 0 aliphatic heterocycles. The number of rotatable bonds is 5. The second-order valence-corrected chi connectivity index (χ2v) is 6.72. The quantitative estimate of drug-likeness (QED) is 0.438. The third-order valence-electron chi connectivity index (χ3n) is 4.83. The first-order valence-electron chi connectivity index (χ1n) is 9.16. The molecule has 0 bridgehead atoms. The summed E-state index contributed by atoms with van der Waals surface area (Å²) in [5, 5.41) is 5.32. The molecule has 0 N–H and O–H groups in total.